The fourth-order valence-corrected chi connectivity index (χ4v) is 2.29. The zero-order chi connectivity index (χ0) is 13.8. The molecule has 1 aromatic heterocycles. The molecule has 0 aliphatic carbocycles. The van der Waals surface area contributed by atoms with Crippen LogP contribution in [-0.2, 0) is 0 Å². The number of para-hydroxylation sites is 1. The summed E-state index contributed by atoms with van der Waals surface area (Å²) in [6, 6.07) is 5.95. The van der Waals surface area contributed by atoms with E-state index in [1.54, 1.807) is 0 Å². The number of aromatic nitrogens is 2. The Balaban J connectivity index is 2.45. The monoisotopic (exact) mass is 258 g/mol. The van der Waals surface area contributed by atoms with Crippen LogP contribution in [0, 0.1) is 0 Å². The van der Waals surface area contributed by atoms with Gasteiger partial charge in [0.25, 0.3) is 0 Å². The summed E-state index contributed by atoms with van der Waals surface area (Å²) < 4.78 is 0. The van der Waals surface area contributed by atoms with Gasteiger partial charge in [-0.3, -0.25) is 0 Å². The van der Waals surface area contributed by atoms with Crippen molar-refractivity contribution in [2.75, 3.05) is 18.0 Å². The first kappa shape index (κ1) is 13.5. The molecule has 102 valence electrons. The largest absolute Gasteiger partial charge is 0.399 e. The number of hydrogen-bond donors (Lipinski definition) is 2. The molecule has 0 amide bonds. The second-order valence-corrected chi connectivity index (χ2v) is 4.77. The number of H-pyrrole nitrogens is 1. The number of nitrogens with two attached hydrogens (primary N) is 1. The number of benzene rings is 1. The van der Waals surface area contributed by atoms with Crippen LogP contribution >= 0.6 is 0 Å². The van der Waals surface area contributed by atoms with E-state index >= 15 is 0 Å². The standard InChI is InChI=1S/C15H22N4/c1-4-9-19(10-5-2)15-17-13-8-6-7-12(11(3)16)14(13)18-15/h6-8H,3-5,9-10,16H2,1-2H3,(H,17,18). The number of imidazole rings is 1. The minimum atomic E-state index is 0.557. The Labute approximate surface area is 114 Å². The van der Waals surface area contributed by atoms with Gasteiger partial charge in [0.05, 0.1) is 11.0 Å². The Morgan fingerprint density at radius 2 is 2.00 bits per heavy atom. The molecule has 0 bridgehead atoms. The molecule has 1 aromatic carbocycles. The summed E-state index contributed by atoms with van der Waals surface area (Å²) in [7, 11) is 0. The average molecular weight is 258 g/mol. The third-order valence-electron chi connectivity index (χ3n) is 3.13. The van der Waals surface area contributed by atoms with Crippen molar-refractivity contribution in [2.24, 2.45) is 5.73 Å². The van der Waals surface area contributed by atoms with E-state index in [0.29, 0.717) is 5.70 Å². The van der Waals surface area contributed by atoms with Gasteiger partial charge in [-0.15, -0.1) is 0 Å². The zero-order valence-corrected chi connectivity index (χ0v) is 11.7. The molecule has 0 unspecified atom stereocenters. The number of anilines is 1. The maximum Gasteiger partial charge on any atom is 0.203 e. The van der Waals surface area contributed by atoms with Crippen LogP contribution in [-0.4, -0.2) is 23.1 Å². The van der Waals surface area contributed by atoms with E-state index in [0.717, 1.165) is 48.5 Å². The fourth-order valence-electron chi connectivity index (χ4n) is 2.29. The van der Waals surface area contributed by atoms with Crippen molar-refractivity contribution in [3.63, 3.8) is 0 Å². The van der Waals surface area contributed by atoms with E-state index in [4.69, 9.17) is 10.7 Å². The second kappa shape index (κ2) is 5.78. The SMILES string of the molecule is C=C(N)c1cccc2[nH]c(N(CCC)CCC)nc12. The molecule has 0 radical (unpaired) electrons. The van der Waals surface area contributed by atoms with Crippen LogP contribution in [0.1, 0.15) is 32.3 Å². The molecule has 3 N–H and O–H groups in total. The van der Waals surface area contributed by atoms with E-state index < -0.39 is 0 Å². The Morgan fingerprint density at radius 3 is 2.58 bits per heavy atom. The predicted octanol–water partition coefficient (Wildman–Crippen LogP) is 3.12. The molecule has 0 saturated heterocycles. The molecule has 0 aliphatic heterocycles. The molecule has 0 fully saturated rings. The Morgan fingerprint density at radius 1 is 1.32 bits per heavy atom. The molecule has 1 heterocycles. The first-order valence-corrected chi connectivity index (χ1v) is 6.85. The number of nitrogens with zero attached hydrogens (tertiary/aromatic N) is 2. The number of nitrogens with one attached hydrogen (secondary N) is 1. The van der Waals surface area contributed by atoms with Gasteiger partial charge in [-0.25, -0.2) is 4.98 Å². The lowest BCUT2D eigenvalue weighted by Crippen LogP contribution is -2.25. The highest BCUT2D eigenvalue weighted by Crippen LogP contribution is 2.23. The average Bonchev–Trinajstić information content (AvgIpc) is 2.81. The first-order valence-electron chi connectivity index (χ1n) is 6.85. The summed E-state index contributed by atoms with van der Waals surface area (Å²) in [6.45, 7) is 10.2. The summed E-state index contributed by atoms with van der Waals surface area (Å²) in [6.07, 6.45) is 2.21. The number of aromatic amines is 1. The van der Waals surface area contributed by atoms with Gasteiger partial charge in [-0.1, -0.05) is 32.6 Å². The summed E-state index contributed by atoms with van der Waals surface area (Å²) in [5.74, 6) is 0.924. The third kappa shape index (κ3) is 2.72. The minimum Gasteiger partial charge on any atom is -0.399 e. The van der Waals surface area contributed by atoms with Gasteiger partial charge in [0.2, 0.25) is 5.95 Å². The highest BCUT2D eigenvalue weighted by atomic mass is 15.3. The van der Waals surface area contributed by atoms with Gasteiger partial charge < -0.3 is 15.6 Å². The van der Waals surface area contributed by atoms with Crippen LogP contribution < -0.4 is 10.6 Å². The number of hydrogen-bond acceptors (Lipinski definition) is 3. The maximum atomic E-state index is 5.82. The van der Waals surface area contributed by atoms with Crippen molar-refractivity contribution >= 4 is 22.7 Å². The van der Waals surface area contributed by atoms with Crippen LogP contribution in [0.2, 0.25) is 0 Å². The molecule has 2 rings (SSSR count). The molecule has 4 nitrogen and oxygen atoms in total. The maximum absolute atomic E-state index is 5.82. The van der Waals surface area contributed by atoms with Crippen LogP contribution in [0.4, 0.5) is 5.95 Å². The summed E-state index contributed by atoms with van der Waals surface area (Å²) in [5.41, 5.74) is 9.20. The van der Waals surface area contributed by atoms with Crippen molar-refractivity contribution in [2.45, 2.75) is 26.7 Å². The van der Waals surface area contributed by atoms with Crippen LogP contribution in [0.5, 0.6) is 0 Å². The topological polar surface area (TPSA) is 57.9 Å². The lowest BCUT2D eigenvalue weighted by Gasteiger charge is -2.20. The Bertz CT molecular complexity index is 565. The molecule has 0 spiro atoms. The van der Waals surface area contributed by atoms with Crippen molar-refractivity contribution in [3.05, 3.63) is 30.3 Å². The lowest BCUT2D eigenvalue weighted by molar-refractivity contribution is 0.727. The minimum absolute atomic E-state index is 0.557. The van der Waals surface area contributed by atoms with Gasteiger partial charge in [-0.2, -0.15) is 0 Å². The molecule has 2 aromatic rings. The predicted molar refractivity (Wildman–Crippen MR) is 82.1 cm³/mol. The molecular formula is C15H22N4. The fraction of sp³-hybridized carbons (Fsp3) is 0.400. The van der Waals surface area contributed by atoms with Gasteiger partial charge in [0, 0.05) is 24.4 Å². The smallest absolute Gasteiger partial charge is 0.203 e. The molecule has 19 heavy (non-hydrogen) atoms. The summed E-state index contributed by atoms with van der Waals surface area (Å²) in [5, 5.41) is 0. The van der Waals surface area contributed by atoms with Crippen molar-refractivity contribution < 1.29 is 0 Å². The van der Waals surface area contributed by atoms with E-state index in [9.17, 15) is 0 Å². The number of fused-ring (bicyclic) bond motifs is 1. The van der Waals surface area contributed by atoms with Crippen LogP contribution in [0.3, 0.4) is 0 Å². The van der Waals surface area contributed by atoms with Gasteiger partial charge in [0.1, 0.15) is 0 Å². The van der Waals surface area contributed by atoms with Gasteiger partial charge in [-0.05, 0) is 18.9 Å². The van der Waals surface area contributed by atoms with Crippen molar-refractivity contribution in [1.82, 2.24) is 9.97 Å². The van der Waals surface area contributed by atoms with Crippen molar-refractivity contribution in [3.8, 4) is 0 Å². The molecular weight excluding hydrogens is 236 g/mol. The van der Waals surface area contributed by atoms with E-state index in [-0.39, 0.29) is 0 Å². The van der Waals surface area contributed by atoms with Crippen LogP contribution in [0.25, 0.3) is 16.7 Å². The van der Waals surface area contributed by atoms with E-state index in [1.165, 1.54) is 0 Å². The number of rotatable bonds is 6. The quantitative estimate of drug-likeness (QED) is 0.837. The molecule has 0 saturated carbocycles. The van der Waals surface area contributed by atoms with Gasteiger partial charge in [0.15, 0.2) is 0 Å². The van der Waals surface area contributed by atoms with Crippen LogP contribution in [0.15, 0.2) is 24.8 Å². The van der Waals surface area contributed by atoms with E-state index in [1.807, 2.05) is 18.2 Å². The normalized spacial score (nSPS) is 10.8. The van der Waals surface area contributed by atoms with E-state index in [2.05, 4.69) is 30.3 Å². The summed E-state index contributed by atoms with van der Waals surface area (Å²) >= 11 is 0. The van der Waals surface area contributed by atoms with Crippen molar-refractivity contribution in [1.29, 1.82) is 0 Å². The third-order valence-corrected chi connectivity index (χ3v) is 3.13. The second-order valence-electron chi connectivity index (χ2n) is 4.77. The Hall–Kier alpha value is -1.97. The zero-order valence-electron chi connectivity index (χ0n) is 11.7. The molecule has 0 aliphatic rings. The summed E-state index contributed by atoms with van der Waals surface area (Å²) in [4.78, 5) is 10.4. The highest BCUT2D eigenvalue weighted by molar-refractivity contribution is 5.89. The molecule has 4 heteroatoms. The molecule has 0 atom stereocenters. The lowest BCUT2D eigenvalue weighted by atomic mass is 10.1. The van der Waals surface area contributed by atoms with Gasteiger partial charge >= 0.3 is 0 Å². The Kier molecular flexibility index (Phi) is 4.10. The first-order chi connectivity index (χ1) is 9.17. The highest BCUT2D eigenvalue weighted by Gasteiger charge is 2.12.